The zero-order valence-corrected chi connectivity index (χ0v) is 25.0. The number of carbonyl (C=O) groups excluding carboxylic acids is 2. The van der Waals surface area contributed by atoms with Crippen molar-refractivity contribution in [3.63, 3.8) is 0 Å². The number of epoxide rings is 1. The van der Waals surface area contributed by atoms with Crippen molar-refractivity contribution in [2.75, 3.05) is 0 Å². The van der Waals surface area contributed by atoms with Gasteiger partial charge in [-0.25, -0.2) is 0 Å². The number of fused-ring (bicyclic) bond motifs is 5. The van der Waals surface area contributed by atoms with Gasteiger partial charge < -0.3 is 19.7 Å². The maximum Gasteiger partial charge on any atom is 0.302 e. The third-order valence-electron chi connectivity index (χ3n) is 12.6. The molecule has 0 aromatic rings. The van der Waals surface area contributed by atoms with E-state index in [1.165, 1.54) is 12.5 Å². The van der Waals surface area contributed by atoms with Crippen LogP contribution in [0.1, 0.15) is 107 Å². The molecule has 6 nitrogen and oxygen atoms in total. The molecule has 10 atom stereocenters. The van der Waals surface area contributed by atoms with Crippen LogP contribution in [0, 0.1) is 39.4 Å². The Labute approximate surface area is 228 Å². The van der Waals surface area contributed by atoms with Crippen molar-refractivity contribution < 1.29 is 29.3 Å². The van der Waals surface area contributed by atoms with E-state index in [9.17, 15) is 19.8 Å². The van der Waals surface area contributed by atoms with E-state index in [1.54, 1.807) is 0 Å². The molecule has 0 radical (unpaired) electrons. The van der Waals surface area contributed by atoms with Crippen LogP contribution in [0.4, 0.5) is 0 Å². The Bertz CT molecular complexity index is 1060. The van der Waals surface area contributed by atoms with Crippen LogP contribution >= 0.6 is 0 Å². The van der Waals surface area contributed by atoms with Gasteiger partial charge in [0.05, 0.1) is 11.7 Å². The molecule has 4 fully saturated rings. The molecule has 2 N–H and O–H groups in total. The summed E-state index contributed by atoms with van der Waals surface area (Å²) in [5.74, 6) is 0.259. The highest BCUT2D eigenvalue weighted by molar-refractivity contribution is 5.85. The highest BCUT2D eigenvalue weighted by Gasteiger charge is 2.71. The van der Waals surface area contributed by atoms with Crippen LogP contribution in [0.2, 0.25) is 0 Å². The first-order valence-electron chi connectivity index (χ1n) is 14.9. The van der Waals surface area contributed by atoms with E-state index in [0.29, 0.717) is 18.6 Å². The average molecular weight is 531 g/mol. The SMILES string of the molecule is CC(=O)OC(CC(C)C1=C2C(O)C(O)C3C4(C)CCC(=O)C(C)(C)C4CCC3(C)C2(C)CC1)C1OC1(C)C. The van der Waals surface area contributed by atoms with Gasteiger partial charge in [0.25, 0.3) is 0 Å². The lowest BCUT2D eigenvalue weighted by Gasteiger charge is -2.69. The van der Waals surface area contributed by atoms with Gasteiger partial charge in [0.15, 0.2) is 0 Å². The maximum absolute atomic E-state index is 13.0. The number of hydrogen-bond acceptors (Lipinski definition) is 6. The van der Waals surface area contributed by atoms with Crippen molar-refractivity contribution in [3.05, 3.63) is 11.1 Å². The van der Waals surface area contributed by atoms with E-state index < -0.39 is 17.6 Å². The second kappa shape index (κ2) is 8.63. The molecule has 0 aromatic carbocycles. The molecule has 0 spiro atoms. The average Bonchev–Trinajstić information content (AvgIpc) is 3.27. The molecule has 10 unspecified atom stereocenters. The molecule has 5 rings (SSSR count). The van der Waals surface area contributed by atoms with E-state index in [2.05, 4.69) is 41.5 Å². The fraction of sp³-hybridized carbons (Fsp3) is 0.875. The van der Waals surface area contributed by atoms with Crippen LogP contribution < -0.4 is 0 Å². The third-order valence-corrected chi connectivity index (χ3v) is 12.6. The number of Topliss-reactive ketones (excluding diaryl/α,β-unsaturated/α-hetero) is 1. The molecule has 6 heteroatoms. The first-order chi connectivity index (χ1) is 17.4. The molecule has 0 aromatic heterocycles. The number of carbonyl (C=O) groups is 2. The summed E-state index contributed by atoms with van der Waals surface area (Å²) in [7, 11) is 0. The molecular formula is C32H50O6. The molecule has 214 valence electrons. The molecular weight excluding hydrogens is 480 g/mol. The summed E-state index contributed by atoms with van der Waals surface area (Å²) in [6.07, 6.45) is 3.48. The molecule has 1 heterocycles. The summed E-state index contributed by atoms with van der Waals surface area (Å²) < 4.78 is 11.6. The fourth-order valence-corrected chi connectivity index (χ4v) is 10.4. The van der Waals surface area contributed by atoms with Gasteiger partial charge >= 0.3 is 5.97 Å². The van der Waals surface area contributed by atoms with Gasteiger partial charge in [0.1, 0.15) is 24.1 Å². The van der Waals surface area contributed by atoms with Crippen molar-refractivity contribution in [3.8, 4) is 0 Å². The summed E-state index contributed by atoms with van der Waals surface area (Å²) >= 11 is 0. The van der Waals surface area contributed by atoms with Gasteiger partial charge in [-0.3, -0.25) is 9.59 Å². The monoisotopic (exact) mass is 530 g/mol. The molecule has 0 bridgehead atoms. The zero-order valence-electron chi connectivity index (χ0n) is 25.0. The quantitative estimate of drug-likeness (QED) is 0.281. The predicted molar refractivity (Wildman–Crippen MR) is 145 cm³/mol. The predicted octanol–water partition coefficient (Wildman–Crippen LogP) is 5.38. The summed E-state index contributed by atoms with van der Waals surface area (Å²) in [5.41, 5.74) is 0.931. The van der Waals surface area contributed by atoms with Crippen molar-refractivity contribution in [2.24, 2.45) is 39.4 Å². The van der Waals surface area contributed by atoms with E-state index in [4.69, 9.17) is 9.47 Å². The lowest BCUT2D eigenvalue weighted by molar-refractivity contribution is -0.227. The second-order valence-corrected chi connectivity index (χ2v) is 15.3. The Kier molecular flexibility index (Phi) is 6.43. The molecule has 1 aliphatic heterocycles. The lowest BCUT2D eigenvalue weighted by Crippen LogP contribution is -2.68. The number of aliphatic hydroxyl groups excluding tert-OH is 2. The Morgan fingerprint density at radius 1 is 1.05 bits per heavy atom. The van der Waals surface area contributed by atoms with Crippen LogP contribution in [0.5, 0.6) is 0 Å². The van der Waals surface area contributed by atoms with E-state index >= 15 is 0 Å². The Morgan fingerprint density at radius 3 is 2.26 bits per heavy atom. The van der Waals surface area contributed by atoms with Gasteiger partial charge in [-0.05, 0) is 91.9 Å². The minimum atomic E-state index is -0.921. The van der Waals surface area contributed by atoms with E-state index in [-0.39, 0.29) is 57.8 Å². The maximum atomic E-state index is 13.0. The van der Waals surface area contributed by atoms with Gasteiger partial charge in [-0.2, -0.15) is 0 Å². The highest BCUT2D eigenvalue weighted by atomic mass is 16.6. The number of esters is 1. The van der Waals surface area contributed by atoms with Crippen molar-refractivity contribution in [2.45, 2.75) is 137 Å². The number of rotatable bonds is 5. The highest BCUT2D eigenvalue weighted by Crippen LogP contribution is 2.74. The van der Waals surface area contributed by atoms with Crippen molar-refractivity contribution in [1.82, 2.24) is 0 Å². The topological polar surface area (TPSA) is 96.4 Å². The third kappa shape index (κ3) is 3.75. The van der Waals surface area contributed by atoms with E-state index in [1.807, 2.05) is 13.8 Å². The molecule has 3 saturated carbocycles. The first-order valence-corrected chi connectivity index (χ1v) is 14.9. The summed E-state index contributed by atoms with van der Waals surface area (Å²) in [6, 6.07) is 0. The van der Waals surface area contributed by atoms with Crippen LogP contribution in [0.25, 0.3) is 0 Å². The first kappa shape index (κ1) is 28.3. The molecule has 1 saturated heterocycles. The van der Waals surface area contributed by atoms with Crippen LogP contribution in [-0.4, -0.2) is 52.0 Å². The number of allylic oxidation sites excluding steroid dienone is 1. The van der Waals surface area contributed by atoms with Crippen LogP contribution in [-0.2, 0) is 19.1 Å². The second-order valence-electron chi connectivity index (χ2n) is 15.3. The standard InChI is InChI=1S/C32H50O6/c1-17(16-20(37-18(2)33)27-29(5,6)38-27)19-10-14-31(8)23(19)24(35)25(36)26-30(7)13-12-22(34)28(3,4)21(30)11-15-32(26,31)9/h17,20-21,24-27,35-36H,10-16H2,1-9H3. The number of ketones is 1. The van der Waals surface area contributed by atoms with Crippen molar-refractivity contribution in [1.29, 1.82) is 0 Å². The van der Waals surface area contributed by atoms with Gasteiger partial charge in [0, 0.05) is 18.8 Å². The number of ether oxygens (including phenoxy) is 2. The van der Waals surface area contributed by atoms with Crippen LogP contribution in [0.3, 0.4) is 0 Å². The van der Waals surface area contributed by atoms with Gasteiger partial charge in [-0.1, -0.05) is 47.1 Å². The summed E-state index contributed by atoms with van der Waals surface area (Å²) in [5, 5.41) is 23.8. The fourth-order valence-electron chi connectivity index (χ4n) is 10.4. The number of aliphatic hydroxyl groups is 2. The Hall–Kier alpha value is -1.24. The molecule has 4 aliphatic carbocycles. The largest absolute Gasteiger partial charge is 0.460 e. The zero-order chi connectivity index (χ0) is 28.2. The van der Waals surface area contributed by atoms with E-state index in [0.717, 1.165) is 37.7 Å². The lowest BCUT2D eigenvalue weighted by atomic mass is 9.35. The van der Waals surface area contributed by atoms with Gasteiger partial charge in [-0.15, -0.1) is 0 Å². The normalized spacial score (nSPS) is 46.5. The number of hydrogen-bond donors (Lipinski definition) is 2. The Balaban J connectivity index is 1.51. The van der Waals surface area contributed by atoms with Crippen molar-refractivity contribution >= 4 is 11.8 Å². The molecule has 5 aliphatic rings. The smallest absolute Gasteiger partial charge is 0.302 e. The minimum Gasteiger partial charge on any atom is -0.460 e. The van der Waals surface area contributed by atoms with Gasteiger partial charge in [0.2, 0.25) is 0 Å². The minimum absolute atomic E-state index is 0.0750. The molecule has 38 heavy (non-hydrogen) atoms. The Morgan fingerprint density at radius 2 is 1.68 bits per heavy atom. The van der Waals surface area contributed by atoms with Crippen LogP contribution in [0.15, 0.2) is 11.1 Å². The molecule has 0 amide bonds. The summed E-state index contributed by atoms with van der Waals surface area (Å²) in [4.78, 5) is 24.9. The summed E-state index contributed by atoms with van der Waals surface area (Å²) in [6.45, 7) is 18.8.